The van der Waals surface area contributed by atoms with Crippen LogP contribution in [-0.4, -0.2) is 65.2 Å². The number of hydrogen-bond acceptors (Lipinski definition) is 5. The van der Waals surface area contributed by atoms with Crippen LogP contribution in [0.2, 0.25) is 5.02 Å². The number of aliphatic carboxylic acids is 2. The summed E-state index contributed by atoms with van der Waals surface area (Å²) in [6, 6.07) is 14.9. The molecule has 2 heterocycles. The maximum Gasteiger partial charge on any atom is 0.328 e. The van der Waals surface area contributed by atoms with Crippen molar-refractivity contribution in [2.45, 2.75) is 9.79 Å². The third-order valence-electron chi connectivity index (χ3n) is 4.86. The summed E-state index contributed by atoms with van der Waals surface area (Å²) in [5, 5.41) is 16.4. The van der Waals surface area contributed by atoms with Crippen LogP contribution < -0.4 is 0 Å². The number of benzene rings is 2. The Labute approximate surface area is 190 Å². The van der Waals surface area contributed by atoms with Gasteiger partial charge in [-0.2, -0.15) is 0 Å². The predicted octanol–water partition coefficient (Wildman–Crippen LogP) is 4.26. The molecule has 0 saturated carbocycles. The molecule has 1 fully saturated rings. The Hall–Kier alpha value is -2.74. The van der Waals surface area contributed by atoms with Gasteiger partial charge < -0.3 is 20.0 Å². The van der Waals surface area contributed by atoms with Crippen molar-refractivity contribution >= 4 is 47.1 Å². The van der Waals surface area contributed by atoms with Gasteiger partial charge in [-0.15, -0.1) is 0 Å². The molecule has 0 atom stereocenters. The molecular weight excluding hydrogens is 436 g/mol. The van der Waals surface area contributed by atoms with Gasteiger partial charge in [-0.3, -0.25) is 0 Å². The van der Waals surface area contributed by atoms with Gasteiger partial charge in [-0.1, -0.05) is 41.6 Å². The van der Waals surface area contributed by atoms with Crippen molar-refractivity contribution in [1.29, 1.82) is 0 Å². The minimum Gasteiger partial charge on any atom is -0.478 e. The first-order valence-corrected chi connectivity index (χ1v) is 10.9. The lowest BCUT2D eigenvalue weighted by Gasteiger charge is -2.36. The van der Waals surface area contributed by atoms with Crippen molar-refractivity contribution in [3.63, 3.8) is 0 Å². The lowest BCUT2D eigenvalue weighted by atomic mass is 10.1. The molecule has 0 aromatic heterocycles. The van der Waals surface area contributed by atoms with E-state index in [1.54, 1.807) is 0 Å². The standard InChI is InChI=1S/C19H19ClN2S.C4H4O4/c1-21-8-10-22(11-9-21)17-12-14-4-2-3-5-18(14)23-19-7-6-15(20)13-16(17)19;5-3(6)1-2-4(7)8/h2-7,12-13H,8-11H2,1H3;1-2H,(H,5,6)(H,7,8)/b;2-1-. The van der Waals surface area contributed by atoms with Crippen LogP contribution in [0.5, 0.6) is 0 Å². The molecule has 2 aliphatic heterocycles. The van der Waals surface area contributed by atoms with Gasteiger partial charge in [-0.25, -0.2) is 9.59 Å². The molecule has 0 bridgehead atoms. The Morgan fingerprint density at radius 3 is 2.26 bits per heavy atom. The molecule has 2 N–H and O–H groups in total. The van der Waals surface area contributed by atoms with E-state index in [0.29, 0.717) is 12.2 Å². The number of likely N-dealkylation sites (N-methyl/N-ethyl adjacent to an activating group) is 1. The number of carboxylic acids is 2. The van der Waals surface area contributed by atoms with E-state index in [1.807, 2.05) is 17.8 Å². The number of halogens is 1. The summed E-state index contributed by atoms with van der Waals surface area (Å²) >= 11 is 8.14. The van der Waals surface area contributed by atoms with Crippen molar-refractivity contribution in [3.05, 3.63) is 70.8 Å². The molecule has 0 unspecified atom stereocenters. The topological polar surface area (TPSA) is 81.1 Å². The zero-order valence-corrected chi connectivity index (χ0v) is 18.6. The number of rotatable bonds is 3. The molecular formula is C23H23ClN2O4S. The molecule has 31 heavy (non-hydrogen) atoms. The Bertz CT molecular complexity index is 1010. The van der Waals surface area contributed by atoms with Crippen LogP contribution in [-0.2, 0) is 9.59 Å². The summed E-state index contributed by atoms with van der Waals surface area (Å²) in [6.07, 6.45) is 3.44. The number of carbonyl (C=O) groups is 2. The quantitative estimate of drug-likeness (QED) is 0.665. The Morgan fingerprint density at radius 1 is 0.968 bits per heavy atom. The molecule has 2 aromatic rings. The Kier molecular flexibility index (Phi) is 7.79. The number of piperazine rings is 1. The second kappa shape index (κ2) is 10.5. The lowest BCUT2D eigenvalue weighted by molar-refractivity contribution is -0.134. The summed E-state index contributed by atoms with van der Waals surface area (Å²) in [7, 11) is 2.19. The first-order chi connectivity index (χ1) is 14.8. The summed E-state index contributed by atoms with van der Waals surface area (Å²) in [6.45, 7) is 4.31. The molecule has 2 aromatic carbocycles. The largest absolute Gasteiger partial charge is 0.478 e. The third kappa shape index (κ3) is 6.37. The lowest BCUT2D eigenvalue weighted by Crippen LogP contribution is -2.43. The van der Waals surface area contributed by atoms with E-state index in [0.717, 1.165) is 31.2 Å². The first-order valence-electron chi connectivity index (χ1n) is 9.69. The molecule has 1 saturated heterocycles. The molecule has 162 valence electrons. The highest BCUT2D eigenvalue weighted by molar-refractivity contribution is 7.99. The van der Waals surface area contributed by atoms with Crippen molar-refractivity contribution < 1.29 is 19.8 Å². The van der Waals surface area contributed by atoms with E-state index < -0.39 is 11.9 Å². The molecule has 0 aliphatic carbocycles. The van der Waals surface area contributed by atoms with Crippen molar-refractivity contribution in [3.8, 4) is 0 Å². The number of carboxylic acid groups (broad SMARTS) is 2. The average Bonchev–Trinajstić information content (AvgIpc) is 2.90. The van der Waals surface area contributed by atoms with E-state index in [9.17, 15) is 9.59 Å². The van der Waals surface area contributed by atoms with Crippen LogP contribution in [0.15, 0.2) is 64.4 Å². The summed E-state index contributed by atoms with van der Waals surface area (Å²) in [5.41, 5.74) is 3.84. The fraction of sp³-hybridized carbons (Fsp3) is 0.217. The molecule has 0 radical (unpaired) electrons. The first kappa shape index (κ1) is 22.9. The van der Waals surface area contributed by atoms with Crippen LogP contribution in [0.25, 0.3) is 11.8 Å². The SMILES string of the molecule is CN1CCN(C2=Cc3ccccc3Sc3ccc(Cl)cc32)CC1.O=C(O)/C=C\C(=O)O. The Morgan fingerprint density at radius 2 is 1.61 bits per heavy atom. The predicted molar refractivity (Wildman–Crippen MR) is 123 cm³/mol. The second-order valence-corrected chi connectivity index (χ2v) is 8.63. The maximum atomic E-state index is 9.55. The number of hydrogen-bond donors (Lipinski definition) is 2. The molecule has 0 amide bonds. The van der Waals surface area contributed by atoms with Gasteiger partial charge in [-0.05, 0) is 43.0 Å². The van der Waals surface area contributed by atoms with Gasteiger partial charge in [0, 0.05) is 64.4 Å². The van der Waals surface area contributed by atoms with E-state index in [4.69, 9.17) is 21.8 Å². The van der Waals surface area contributed by atoms with Crippen LogP contribution in [0, 0.1) is 0 Å². The van der Waals surface area contributed by atoms with Crippen molar-refractivity contribution in [2.24, 2.45) is 0 Å². The molecule has 4 rings (SSSR count). The molecule has 2 aliphatic rings. The van der Waals surface area contributed by atoms with E-state index in [1.165, 1.54) is 26.6 Å². The smallest absolute Gasteiger partial charge is 0.328 e. The van der Waals surface area contributed by atoms with Crippen molar-refractivity contribution in [2.75, 3.05) is 33.2 Å². The molecule has 0 spiro atoms. The number of nitrogens with zero attached hydrogens (tertiary/aromatic N) is 2. The second-order valence-electron chi connectivity index (χ2n) is 7.11. The van der Waals surface area contributed by atoms with Gasteiger partial charge in [0.05, 0.1) is 0 Å². The third-order valence-corrected chi connectivity index (χ3v) is 6.26. The highest BCUT2D eigenvalue weighted by Gasteiger charge is 2.23. The fourth-order valence-corrected chi connectivity index (χ4v) is 4.49. The van der Waals surface area contributed by atoms with E-state index in [-0.39, 0.29) is 0 Å². The maximum absolute atomic E-state index is 9.55. The van der Waals surface area contributed by atoms with Crippen LogP contribution in [0.4, 0.5) is 0 Å². The summed E-state index contributed by atoms with van der Waals surface area (Å²) in [5.74, 6) is -2.51. The van der Waals surface area contributed by atoms with Gasteiger partial charge in [0.1, 0.15) is 0 Å². The summed E-state index contributed by atoms with van der Waals surface area (Å²) in [4.78, 5) is 26.6. The van der Waals surface area contributed by atoms with E-state index >= 15 is 0 Å². The zero-order chi connectivity index (χ0) is 22.4. The van der Waals surface area contributed by atoms with Gasteiger partial charge >= 0.3 is 11.9 Å². The summed E-state index contributed by atoms with van der Waals surface area (Å²) < 4.78 is 0. The van der Waals surface area contributed by atoms with Gasteiger partial charge in [0.25, 0.3) is 0 Å². The van der Waals surface area contributed by atoms with Gasteiger partial charge in [0.2, 0.25) is 0 Å². The average molecular weight is 459 g/mol. The minimum atomic E-state index is -1.26. The van der Waals surface area contributed by atoms with Crippen molar-refractivity contribution in [1.82, 2.24) is 9.80 Å². The van der Waals surface area contributed by atoms with Gasteiger partial charge in [0.15, 0.2) is 0 Å². The monoisotopic (exact) mass is 458 g/mol. The van der Waals surface area contributed by atoms with Crippen LogP contribution in [0.3, 0.4) is 0 Å². The highest BCUT2D eigenvalue weighted by atomic mass is 35.5. The fourth-order valence-electron chi connectivity index (χ4n) is 3.28. The molecule has 6 nitrogen and oxygen atoms in total. The minimum absolute atomic E-state index is 0.558. The number of fused-ring (bicyclic) bond motifs is 2. The van der Waals surface area contributed by atoms with Crippen LogP contribution >= 0.6 is 23.4 Å². The highest BCUT2D eigenvalue weighted by Crippen LogP contribution is 2.42. The zero-order valence-electron chi connectivity index (χ0n) is 17.0. The molecule has 8 heteroatoms. The van der Waals surface area contributed by atoms with E-state index in [2.05, 4.69) is 59.3 Å². The van der Waals surface area contributed by atoms with Crippen LogP contribution in [0.1, 0.15) is 11.1 Å². The Balaban J connectivity index is 0.000000293. The normalized spacial score (nSPS) is 15.8.